The maximum atomic E-state index is 5.99. The van der Waals surface area contributed by atoms with E-state index in [0.29, 0.717) is 6.54 Å². The van der Waals surface area contributed by atoms with Crippen molar-refractivity contribution in [1.82, 2.24) is 0 Å². The van der Waals surface area contributed by atoms with E-state index in [0.717, 1.165) is 38.2 Å². The van der Waals surface area contributed by atoms with Gasteiger partial charge in [-0.1, -0.05) is 12.1 Å². The molecular formula is C16H17Br2NO2. The minimum Gasteiger partial charge on any atom is -0.496 e. The second kappa shape index (κ2) is 7.29. The summed E-state index contributed by atoms with van der Waals surface area (Å²) in [5, 5.41) is 0. The fourth-order valence-corrected chi connectivity index (χ4v) is 2.90. The minimum absolute atomic E-state index is 0.649. The van der Waals surface area contributed by atoms with Crippen molar-refractivity contribution in [2.24, 2.45) is 5.73 Å². The molecule has 0 saturated heterocycles. The van der Waals surface area contributed by atoms with E-state index in [1.54, 1.807) is 7.11 Å². The Morgan fingerprint density at radius 1 is 1.00 bits per heavy atom. The van der Waals surface area contributed by atoms with Crippen LogP contribution in [0.4, 0.5) is 0 Å². The predicted octanol–water partition coefficient (Wildman–Crippen LogP) is 4.82. The van der Waals surface area contributed by atoms with Crippen LogP contribution in [0.2, 0.25) is 0 Å². The lowest BCUT2D eigenvalue weighted by Crippen LogP contribution is -2.03. The second-order valence-electron chi connectivity index (χ2n) is 4.66. The van der Waals surface area contributed by atoms with Crippen LogP contribution in [-0.4, -0.2) is 13.7 Å². The zero-order chi connectivity index (χ0) is 15.4. The minimum atomic E-state index is 0.649. The molecule has 0 radical (unpaired) electrons. The molecule has 0 spiro atoms. The zero-order valence-electron chi connectivity index (χ0n) is 12.0. The SMILES string of the molecule is COc1cc(Br)c(Oc2ccc(CCN)cc2C)cc1Br. The molecule has 0 amide bonds. The van der Waals surface area contributed by atoms with Crippen LogP contribution in [0.1, 0.15) is 11.1 Å². The second-order valence-corrected chi connectivity index (χ2v) is 6.37. The average Bonchev–Trinajstić information content (AvgIpc) is 2.45. The molecule has 5 heteroatoms. The quantitative estimate of drug-likeness (QED) is 0.762. The highest BCUT2D eigenvalue weighted by molar-refractivity contribution is 9.11. The van der Waals surface area contributed by atoms with Crippen LogP contribution in [-0.2, 0) is 6.42 Å². The van der Waals surface area contributed by atoms with E-state index in [9.17, 15) is 0 Å². The van der Waals surface area contributed by atoms with E-state index >= 15 is 0 Å². The lowest BCUT2D eigenvalue weighted by atomic mass is 10.1. The summed E-state index contributed by atoms with van der Waals surface area (Å²) in [4.78, 5) is 0. The van der Waals surface area contributed by atoms with Crippen LogP contribution in [0.25, 0.3) is 0 Å². The number of benzene rings is 2. The first-order valence-electron chi connectivity index (χ1n) is 6.55. The molecule has 0 aliphatic rings. The molecule has 2 N–H and O–H groups in total. The normalized spacial score (nSPS) is 10.5. The van der Waals surface area contributed by atoms with Gasteiger partial charge in [0.05, 0.1) is 16.1 Å². The molecule has 2 aromatic carbocycles. The molecule has 0 aromatic heterocycles. The van der Waals surface area contributed by atoms with Crippen molar-refractivity contribution in [3.8, 4) is 17.2 Å². The molecule has 0 heterocycles. The van der Waals surface area contributed by atoms with Gasteiger partial charge in [-0.05, 0) is 81.1 Å². The van der Waals surface area contributed by atoms with Crippen molar-refractivity contribution in [2.45, 2.75) is 13.3 Å². The van der Waals surface area contributed by atoms with Gasteiger partial charge in [-0.3, -0.25) is 0 Å². The van der Waals surface area contributed by atoms with E-state index in [1.807, 2.05) is 31.2 Å². The van der Waals surface area contributed by atoms with Gasteiger partial charge in [0.15, 0.2) is 0 Å². The van der Waals surface area contributed by atoms with Crippen molar-refractivity contribution in [2.75, 3.05) is 13.7 Å². The maximum absolute atomic E-state index is 5.99. The summed E-state index contributed by atoms with van der Waals surface area (Å²) in [5.74, 6) is 2.31. The van der Waals surface area contributed by atoms with Gasteiger partial charge in [0.1, 0.15) is 17.2 Å². The topological polar surface area (TPSA) is 44.5 Å². The number of hydrogen-bond donors (Lipinski definition) is 1. The monoisotopic (exact) mass is 413 g/mol. The average molecular weight is 415 g/mol. The van der Waals surface area contributed by atoms with Crippen molar-refractivity contribution < 1.29 is 9.47 Å². The first-order valence-corrected chi connectivity index (χ1v) is 8.14. The number of halogens is 2. The van der Waals surface area contributed by atoms with Gasteiger partial charge in [0.2, 0.25) is 0 Å². The third-order valence-corrected chi connectivity index (χ3v) is 4.34. The molecule has 0 atom stereocenters. The van der Waals surface area contributed by atoms with Gasteiger partial charge < -0.3 is 15.2 Å². The van der Waals surface area contributed by atoms with Crippen LogP contribution in [0.5, 0.6) is 17.2 Å². The molecule has 2 aromatic rings. The number of methoxy groups -OCH3 is 1. The Balaban J connectivity index is 2.28. The molecule has 3 nitrogen and oxygen atoms in total. The van der Waals surface area contributed by atoms with E-state index in [4.69, 9.17) is 15.2 Å². The van der Waals surface area contributed by atoms with Gasteiger partial charge in [-0.2, -0.15) is 0 Å². The molecule has 2 rings (SSSR count). The summed E-state index contributed by atoms with van der Waals surface area (Å²) in [6.07, 6.45) is 0.874. The Morgan fingerprint density at radius 3 is 2.29 bits per heavy atom. The number of nitrogens with two attached hydrogens (primary N) is 1. The van der Waals surface area contributed by atoms with Crippen molar-refractivity contribution >= 4 is 31.9 Å². The summed E-state index contributed by atoms with van der Waals surface area (Å²) >= 11 is 6.97. The van der Waals surface area contributed by atoms with Gasteiger partial charge in [-0.15, -0.1) is 0 Å². The Morgan fingerprint density at radius 2 is 1.67 bits per heavy atom. The van der Waals surface area contributed by atoms with Crippen LogP contribution in [0.3, 0.4) is 0 Å². The van der Waals surface area contributed by atoms with Crippen LogP contribution < -0.4 is 15.2 Å². The molecule has 112 valence electrons. The van der Waals surface area contributed by atoms with E-state index in [2.05, 4.69) is 37.9 Å². The number of rotatable bonds is 5. The highest BCUT2D eigenvalue weighted by Gasteiger charge is 2.10. The summed E-state index contributed by atoms with van der Waals surface area (Å²) in [6, 6.07) is 9.88. The Labute approximate surface area is 141 Å². The van der Waals surface area contributed by atoms with Crippen molar-refractivity contribution in [3.63, 3.8) is 0 Å². The standard InChI is InChI=1S/C16H17Br2NO2/c1-10-7-11(5-6-19)3-4-14(10)21-16-9-12(17)15(20-2)8-13(16)18/h3-4,7-9H,5-6,19H2,1-2H3. The Kier molecular flexibility index (Phi) is 5.67. The van der Waals surface area contributed by atoms with Gasteiger partial charge >= 0.3 is 0 Å². The number of ether oxygens (including phenoxy) is 2. The van der Waals surface area contributed by atoms with Crippen LogP contribution in [0.15, 0.2) is 39.3 Å². The van der Waals surface area contributed by atoms with E-state index < -0.39 is 0 Å². The van der Waals surface area contributed by atoms with Crippen molar-refractivity contribution in [1.29, 1.82) is 0 Å². The van der Waals surface area contributed by atoms with E-state index in [-0.39, 0.29) is 0 Å². The summed E-state index contributed by atoms with van der Waals surface area (Å²) in [5.41, 5.74) is 7.88. The lowest BCUT2D eigenvalue weighted by molar-refractivity contribution is 0.409. The summed E-state index contributed by atoms with van der Waals surface area (Å²) < 4.78 is 12.9. The molecule has 0 fully saturated rings. The Hall–Kier alpha value is -1.04. The molecular weight excluding hydrogens is 398 g/mol. The third kappa shape index (κ3) is 3.99. The molecule has 0 saturated carbocycles. The van der Waals surface area contributed by atoms with Crippen molar-refractivity contribution in [3.05, 3.63) is 50.4 Å². The van der Waals surface area contributed by atoms with E-state index in [1.165, 1.54) is 5.56 Å². The van der Waals surface area contributed by atoms with Gasteiger partial charge in [0.25, 0.3) is 0 Å². The molecule has 0 aliphatic heterocycles. The molecule has 0 unspecified atom stereocenters. The largest absolute Gasteiger partial charge is 0.496 e. The third-order valence-electron chi connectivity index (χ3n) is 3.10. The van der Waals surface area contributed by atoms with Crippen LogP contribution in [0, 0.1) is 6.92 Å². The molecule has 0 aliphatic carbocycles. The number of hydrogen-bond acceptors (Lipinski definition) is 3. The zero-order valence-corrected chi connectivity index (χ0v) is 15.1. The fraction of sp³-hybridized carbons (Fsp3) is 0.250. The van der Waals surface area contributed by atoms with Gasteiger partial charge in [-0.25, -0.2) is 0 Å². The van der Waals surface area contributed by atoms with Gasteiger partial charge in [0, 0.05) is 0 Å². The molecule has 0 bridgehead atoms. The fourth-order valence-electron chi connectivity index (χ4n) is 2.01. The first kappa shape index (κ1) is 16.3. The highest BCUT2D eigenvalue weighted by Crippen LogP contribution is 2.38. The smallest absolute Gasteiger partial charge is 0.143 e. The first-order chi connectivity index (χ1) is 10.0. The molecule has 21 heavy (non-hydrogen) atoms. The summed E-state index contributed by atoms with van der Waals surface area (Å²) in [7, 11) is 1.63. The Bertz CT molecular complexity index is 644. The number of aryl methyl sites for hydroxylation is 1. The predicted molar refractivity (Wildman–Crippen MR) is 92.4 cm³/mol. The summed E-state index contributed by atoms with van der Waals surface area (Å²) in [6.45, 7) is 2.68. The lowest BCUT2D eigenvalue weighted by Gasteiger charge is -2.13. The maximum Gasteiger partial charge on any atom is 0.143 e. The highest BCUT2D eigenvalue weighted by atomic mass is 79.9. The van der Waals surface area contributed by atoms with Crippen LogP contribution >= 0.6 is 31.9 Å².